The highest BCUT2D eigenvalue weighted by Gasteiger charge is 2.17. The molecule has 3 heterocycles. The minimum absolute atomic E-state index is 0.00303. The van der Waals surface area contributed by atoms with Gasteiger partial charge in [0, 0.05) is 37.5 Å². The fourth-order valence-corrected chi connectivity index (χ4v) is 3.68. The lowest BCUT2D eigenvalue weighted by Crippen LogP contribution is -2.33. The van der Waals surface area contributed by atoms with Crippen molar-refractivity contribution in [3.63, 3.8) is 0 Å². The maximum atomic E-state index is 12.5. The highest BCUT2D eigenvalue weighted by molar-refractivity contribution is 5.94. The van der Waals surface area contributed by atoms with E-state index in [0.717, 1.165) is 29.7 Å². The van der Waals surface area contributed by atoms with Gasteiger partial charge in [0.05, 0.1) is 0 Å². The number of amides is 2. The van der Waals surface area contributed by atoms with Gasteiger partial charge in [0.2, 0.25) is 11.8 Å². The van der Waals surface area contributed by atoms with E-state index in [4.69, 9.17) is 5.73 Å². The summed E-state index contributed by atoms with van der Waals surface area (Å²) < 4.78 is 0. The van der Waals surface area contributed by atoms with Crippen LogP contribution in [0.15, 0.2) is 54.3 Å². The third kappa shape index (κ3) is 4.71. The zero-order valence-corrected chi connectivity index (χ0v) is 16.2. The molecule has 2 aromatic rings. The molecule has 0 saturated carbocycles. The van der Waals surface area contributed by atoms with Gasteiger partial charge >= 0.3 is 0 Å². The van der Waals surface area contributed by atoms with Gasteiger partial charge in [-0.05, 0) is 60.2 Å². The predicted molar refractivity (Wildman–Crippen MR) is 114 cm³/mol. The fraction of sp³-hybridized carbons (Fsp3) is 0.261. The summed E-state index contributed by atoms with van der Waals surface area (Å²) >= 11 is 0. The molecule has 6 nitrogen and oxygen atoms in total. The molecule has 2 aliphatic heterocycles. The van der Waals surface area contributed by atoms with E-state index in [-0.39, 0.29) is 11.8 Å². The lowest BCUT2D eigenvalue weighted by atomic mass is 9.99. The minimum Gasteiger partial charge on any atom is -0.399 e. The molecule has 0 fully saturated rings. The van der Waals surface area contributed by atoms with E-state index >= 15 is 0 Å². The number of fused-ring (bicyclic) bond motifs is 1. The molecular formula is C23H24N4O2. The molecular weight excluding hydrogens is 364 g/mol. The van der Waals surface area contributed by atoms with Crippen LogP contribution in [0.4, 0.5) is 11.5 Å². The van der Waals surface area contributed by atoms with Gasteiger partial charge in [-0.1, -0.05) is 23.8 Å². The number of nitrogen functional groups attached to an aromatic ring is 1. The van der Waals surface area contributed by atoms with Crippen molar-refractivity contribution in [3.05, 3.63) is 70.9 Å². The zero-order valence-electron chi connectivity index (χ0n) is 16.2. The predicted octanol–water partition coefficient (Wildman–Crippen LogP) is 2.96. The van der Waals surface area contributed by atoms with Crippen LogP contribution in [0.25, 0.3) is 6.08 Å². The molecule has 0 bridgehead atoms. The van der Waals surface area contributed by atoms with Gasteiger partial charge in [-0.2, -0.15) is 0 Å². The number of carbonyl (C=O) groups is 2. The first-order chi connectivity index (χ1) is 14.1. The van der Waals surface area contributed by atoms with Crippen molar-refractivity contribution in [3.8, 4) is 0 Å². The largest absolute Gasteiger partial charge is 0.399 e. The molecule has 0 unspecified atom stereocenters. The van der Waals surface area contributed by atoms with E-state index in [1.807, 2.05) is 29.2 Å². The van der Waals surface area contributed by atoms with Crippen LogP contribution in [-0.4, -0.2) is 34.8 Å². The summed E-state index contributed by atoms with van der Waals surface area (Å²) in [6.07, 6.45) is 10.1. The van der Waals surface area contributed by atoms with Gasteiger partial charge in [-0.3, -0.25) is 9.59 Å². The first kappa shape index (κ1) is 18.9. The van der Waals surface area contributed by atoms with Gasteiger partial charge < -0.3 is 16.0 Å². The lowest BCUT2D eigenvalue weighted by Gasteiger charge is -2.25. The number of aryl methyl sites for hydroxylation is 1. The summed E-state index contributed by atoms with van der Waals surface area (Å²) in [6, 6.07) is 9.91. The average Bonchev–Trinajstić information content (AvgIpc) is 2.72. The topological polar surface area (TPSA) is 88.3 Å². The second kappa shape index (κ2) is 8.31. The Morgan fingerprint density at radius 3 is 2.93 bits per heavy atom. The summed E-state index contributed by atoms with van der Waals surface area (Å²) in [5.74, 6) is 0.616. The van der Waals surface area contributed by atoms with Crippen LogP contribution in [0.2, 0.25) is 0 Å². The third-order valence-corrected chi connectivity index (χ3v) is 5.28. The molecule has 1 aromatic heterocycles. The Bertz CT molecular complexity index is 1010. The first-order valence-corrected chi connectivity index (χ1v) is 9.85. The molecule has 3 N–H and O–H groups in total. The van der Waals surface area contributed by atoms with Crippen LogP contribution in [-0.2, 0) is 22.4 Å². The average molecular weight is 388 g/mol. The number of aromatic nitrogens is 1. The van der Waals surface area contributed by atoms with Gasteiger partial charge in [-0.25, -0.2) is 4.98 Å². The number of carbonyl (C=O) groups excluding carboxylic acids is 2. The van der Waals surface area contributed by atoms with Gasteiger partial charge in [-0.15, -0.1) is 0 Å². The maximum Gasteiger partial charge on any atom is 0.246 e. The number of nitrogens with one attached hydrogen (secondary N) is 1. The molecule has 2 aliphatic rings. The van der Waals surface area contributed by atoms with Gasteiger partial charge in [0.1, 0.15) is 5.82 Å². The van der Waals surface area contributed by atoms with E-state index in [0.29, 0.717) is 31.7 Å². The van der Waals surface area contributed by atoms with Crippen LogP contribution in [0, 0.1) is 0 Å². The second-order valence-electron chi connectivity index (χ2n) is 7.48. The highest BCUT2D eigenvalue weighted by atomic mass is 16.2. The number of anilines is 2. The Labute approximate surface area is 170 Å². The van der Waals surface area contributed by atoms with E-state index in [1.54, 1.807) is 18.3 Å². The standard InChI is InChI=1S/C23H24N4O2/c24-20-3-1-2-17(14-20)12-16-8-10-27(11-9-16)22(29)7-4-18-13-19-5-6-21(28)26-23(19)25-15-18/h1-4,7-8,13-15H,5-6,9-12,24H2,(H,25,26,28)/b7-4+. The quantitative estimate of drug-likeness (QED) is 0.479. The van der Waals surface area contributed by atoms with Crippen molar-refractivity contribution in [2.75, 3.05) is 24.1 Å². The van der Waals surface area contributed by atoms with Crippen LogP contribution in [0.5, 0.6) is 0 Å². The normalized spacial score (nSPS) is 16.3. The van der Waals surface area contributed by atoms with Crippen molar-refractivity contribution >= 4 is 29.4 Å². The molecule has 0 spiro atoms. The highest BCUT2D eigenvalue weighted by Crippen LogP contribution is 2.22. The number of nitrogens with zero attached hydrogens (tertiary/aromatic N) is 2. The summed E-state index contributed by atoms with van der Waals surface area (Å²) in [5.41, 5.74) is 11.0. The molecule has 0 atom stereocenters. The molecule has 4 rings (SSSR count). The molecule has 6 heteroatoms. The number of hydrogen-bond donors (Lipinski definition) is 2. The Hall–Kier alpha value is -3.41. The van der Waals surface area contributed by atoms with E-state index < -0.39 is 0 Å². The Balaban J connectivity index is 1.35. The van der Waals surface area contributed by atoms with Crippen LogP contribution in [0.3, 0.4) is 0 Å². The van der Waals surface area contributed by atoms with E-state index in [2.05, 4.69) is 22.4 Å². The number of pyridine rings is 1. The smallest absolute Gasteiger partial charge is 0.246 e. The molecule has 29 heavy (non-hydrogen) atoms. The third-order valence-electron chi connectivity index (χ3n) is 5.28. The number of hydrogen-bond acceptors (Lipinski definition) is 4. The molecule has 2 amide bonds. The Morgan fingerprint density at radius 1 is 1.24 bits per heavy atom. The van der Waals surface area contributed by atoms with Crippen LogP contribution in [0.1, 0.15) is 29.5 Å². The van der Waals surface area contributed by atoms with Crippen molar-refractivity contribution in [2.45, 2.75) is 25.7 Å². The lowest BCUT2D eigenvalue weighted by molar-refractivity contribution is -0.125. The second-order valence-corrected chi connectivity index (χ2v) is 7.48. The Kier molecular flexibility index (Phi) is 5.42. The van der Waals surface area contributed by atoms with Crippen molar-refractivity contribution < 1.29 is 9.59 Å². The molecule has 1 aromatic carbocycles. The molecule has 0 saturated heterocycles. The van der Waals surface area contributed by atoms with Crippen molar-refractivity contribution in [1.29, 1.82) is 0 Å². The number of benzene rings is 1. The first-order valence-electron chi connectivity index (χ1n) is 9.85. The zero-order chi connectivity index (χ0) is 20.2. The Morgan fingerprint density at radius 2 is 2.14 bits per heavy atom. The van der Waals surface area contributed by atoms with E-state index in [1.165, 1.54) is 11.1 Å². The molecule has 0 radical (unpaired) electrons. The molecule has 0 aliphatic carbocycles. The number of nitrogens with two attached hydrogens (primary N) is 1. The summed E-state index contributed by atoms with van der Waals surface area (Å²) in [4.78, 5) is 30.1. The van der Waals surface area contributed by atoms with Crippen LogP contribution < -0.4 is 11.1 Å². The maximum absolute atomic E-state index is 12.5. The van der Waals surface area contributed by atoms with Gasteiger partial charge in [0.25, 0.3) is 0 Å². The van der Waals surface area contributed by atoms with E-state index in [9.17, 15) is 9.59 Å². The summed E-state index contributed by atoms with van der Waals surface area (Å²) in [6.45, 7) is 1.33. The number of rotatable bonds is 4. The molecule has 148 valence electrons. The van der Waals surface area contributed by atoms with Crippen molar-refractivity contribution in [2.24, 2.45) is 0 Å². The minimum atomic E-state index is -0.00437. The summed E-state index contributed by atoms with van der Waals surface area (Å²) in [5, 5.41) is 2.77. The summed E-state index contributed by atoms with van der Waals surface area (Å²) in [7, 11) is 0. The monoisotopic (exact) mass is 388 g/mol. The van der Waals surface area contributed by atoms with Crippen molar-refractivity contribution in [1.82, 2.24) is 9.88 Å². The SMILES string of the molecule is Nc1cccc(CC2=CCN(C(=O)/C=C/c3cnc4c(c3)CCC(=O)N4)CC2)c1. The van der Waals surface area contributed by atoms with Gasteiger partial charge in [0.15, 0.2) is 0 Å². The fourth-order valence-electron chi connectivity index (χ4n) is 3.68. The van der Waals surface area contributed by atoms with Crippen LogP contribution >= 0.6 is 0 Å².